The Kier molecular flexibility index (Phi) is 5.59. The van der Waals surface area contributed by atoms with Crippen molar-refractivity contribution in [3.8, 4) is 0 Å². The van der Waals surface area contributed by atoms with Crippen molar-refractivity contribution in [2.45, 2.75) is 39.8 Å². The fraction of sp³-hybridized carbons (Fsp3) is 0.889. The molecule has 0 spiro atoms. The molecule has 6 heteroatoms. The lowest BCUT2D eigenvalue weighted by Crippen LogP contribution is -2.43. The van der Waals surface area contributed by atoms with Gasteiger partial charge in [0, 0.05) is 12.1 Å². The lowest BCUT2D eigenvalue weighted by molar-refractivity contribution is 0.291. The summed E-state index contributed by atoms with van der Waals surface area (Å²) in [6.07, 6.45) is 1.07. The summed E-state index contributed by atoms with van der Waals surface area (Å²) in [5.41, 5.74) is 0. The molecule has 0 rings (SSSR count). The second-order valence-electron chi connectivity index (χ2n) is 3.97. The fourth-order valence-electron chi connectivity index (χ4n) is 1.52. The molecule has 0 atom stereocenters. The lowest BCUT2D eigenvalue weighted by atomic mass is 10.2. The lowest BCUT2D eigenvalue weighted by Gasteiger charge is -2.32. The van der Waals surface area contributed by atoms with Crippen LogP contribution in [-0.2, 0) is 10.0 Å². The molecule has 0 aromatic rings. The van der Waals surface area contributed by atoms with Crippen LogP contribution in [0, 0.1) is 0 Å². The number of hydrogen-bond donors (Lipinski definition) is 0. The predicted molar refractivity (Wildman–Crippen MR) is 65.1 cm³/mol. The van der Waals surface area contributed by atoms with E-state index in [0.29, 0.717) is 5.84 Å². The Hall–Kier alpha value is -0.290. The average Bonchev–Trinajstić information content (AvgIpc) is 1.98. The highest BCUT2D eigenvalue weighted by Gasteiger charge is 2.18. The van der Waals surface area contributed by atoms with Crippen LogP contribution in [0.2, 0.25) is 0 Å². The summed E-state index contributed by atoms with van der Waals surface area (Å²) in [5.74, 6) is 0.507. The van der Waals surface area contributed by atoms with Crippen LogP contribution in [0.4, 0.5) is 0 Å². The van der Waals surface area contributed by atoms with Gasteiger partial charge in [-0.1, -0.05) is 0 Å². The van der Waals surface area contributed by atoms with Crippen molar-refractivity contribution < 1.29 is 8.42 Å². The molecule has 0 aliphatic heterocycles. The smallest absolute Gasteiger partial charge is 0.251 e. The Morgan fingerprint density at radius 3 is 1.87 bits per heavy atom. The van der Waals surface area contributed by atoms with Crippen molar-refractivity contribution >= 4 is 27.5 Å². The van der Waals surface area contributed by atoms with Crippen LogP contribution in [0.25, 0.3) is 0 Å². The van der Waals surface area contributed by atoms with Gasteiger partial charge in [0.25, 0.3) is 10.0 Å². The normalized spacial score (nSPS) is 13.7. The van der Waals surface area contributed by atoms with Gasteiger partial charge in [0.15, 0.2) is 0 Å². The Morgan fingerprint density at radius 2 is 1.67 bits per heavy atom. The van der Waals surface area contributed by atoms with Crippen molar-refractivity contribution in [1.82, 2.24) is 4.90 Å². The Bertz CT molecular complexity index is 315. The summed E-state index contributed by atoms with van der Waals surface area (Å²) in [6.45, 7) is 7.91. The van der Waals surface area contributed by atoms with E-state index in [2.05, 4.69) is 4.40 Å². The summed E-state index contributed by atoms with van der Waals surface area (Å²) in [5, 5.41) is 0. The predicted octanol–water partition coefficient (Wildman–Crippen LogP) is 1.70. The standard InChI is InChI=1S/C9H19ClN2O2S/c1-7(2)12(8(3)4)9(6-10)11-15(5,13)14/h7-8H,6H2,1-5H3/b11-9+. The molecule has 0 N–H and O–H groups in total. The van der Waals surface area contributed by atoms with E-state index in [9.17, 15) is 8.42 Å². The van der Waals surface area contributed by atoms with Gasteiger partial charge in [0.05, 0.1) is 12.1 Å². The quantitative estimate of drug-likeness (QED) is 0.436. The maximum Gasteiger partial charge on any atom is 0.251 e. The number of hydrogen-bond acceptors (Lipinski definition) is 2. The van der Waals surface area contributed by atoms with Gasteiger partial charge in [-0.3, -0.25) is 0 Å². The van der Waals surface area contributed by atoms with Gasteiger partial charge in [0.2, 0.25) is 0 Å². The zero-order chi connectivity index (χ0) is 12.2. The summed E-state index contributed by atoms with van der Waals surface area (Å²) < 4.78 is 25.8. The molecule has 0 amide bonds. The summed E-state index contributed by atoms with van der Waals surface area (Å²) >= 11 is 5.72. The van der Waals surface area contributed by atoms with Crippen LogP contribution in [0.5, 0.6) is 0 Å². The molecule has 0 aromatic heterocycles. The molecule has 0 saturated carbocycles. The van der Waals surface area contributed by atoms with Gasteiger partial charge in [0.1, 0.15) is 5.84 Å². The minimum absolute atomic E-state index is 0.101. The summed E-state index contributed by atoms with van der Waals surface area (Å²) in [4.78, 5) is 1.90. The van der Waals surface area contributed by atoms with Crippen LogP contribution < -0.4 is 0 Å². The molecule has 0 bridgehead atoms. The minimum Gasteiger partial charge on any atom is -0.354 e. The van der Waals surface area contributed by atoms with Crippen molar-refractivity contribution in [3.05, 3.63) is 0 Å². The van der Waals surface area contributed by atoms with Gasteiger partial charge < -0.3 is 4.90 Å². The zero-order valence-corrected chi connectivity index (χ0v) is 11.4. The highest BCUT2D eigenvalue weighted by Crippen LogP contribution is 2.09. The Labute approximate surface area is 97.4 Å². The molecule has 0 saturated heterocycles. The van der Waals surface area contributed by atoms with Crippen molar-refractivity contribution in [2.75, 3.05) is 12.1 Å². The number of amidine groups is 1. The zero-order valence-electron chi connectivity index (χ0n) is 9.86. The molecule has 0 fully saturated rings. The van der Waals surface area contributed by atoms with E-state index in [1.807, 2.05) is 32.6 Å². The fourth-order valence-corrected chi connectivity index (χ4v) is 2.33. The van der Waals surface area contributed by atoms with Gasteiger partial charge in [-0.2, -0.15) is 0 Å². The maximum atomic E-state index is 11.1. The van der Waals surface area contributed by atoms with E-state index in [4.69, 9.17) is 11.6 Å². The van der Waals surface area contributed by atoms with Crippen LogP contribution >= 0.6 is 11.6 Å². The summed E-state index contributed by atoms with van der Waals surface area (Å²) in [6, 6.07) is 0.341. The van der Waals surface area contributed by atoms with E-state index >= 15 is 0 Å². The topological polar surface area (TPSA) is 49.7 Å². The second kappa shape index (κ2) is 5.70. The molecule has 0 aliphatic rings. The van der Waals surface area contributed by atoms with E-state index < -0.39 is 10.0 Å². The number of rotatable bonds is 4. The summed E-state index contributed by atoms with van der Waals surface area (Å²) in [7, 11) is -3.39. The van der Waals surface area contributed by atoms with Crippen LogP contribution in [-0.4, -0.2) is 43.4 Å². The van der Waals surface area contributed by atoms with Gasteiger partial charge in [-0.05, 0) is 27.7 Å². The van der Waals surface area contributed by atoms with E-state index in [1.165, 1.54) is 0 Å². The number of sulfonamides is 1. The van der Waals surface area contributed by atoms with Crippen LogP contribution in [0.1, 0.15) is 27.7 Å². The molecule has 0 radical (unpaired) electrons. The molecule has 0 unspecified atom stereocenters. The van der Waals surface area contributed by atoms with E-state index in [1.54, 1.807) is 0 Å². The number of halogens is 1. The third kappa shape index (κ3) is 5.37. The molecule has 0 aliphatic carbocycles. The minimum atomic E-state index is -3.39. The molecule has 0 heterocycles. The van der Waals surface area contributed by atoms with E-state index in [0.717, 1.165) is 6.26 Å². The van der Waals surface area contributed by atoms with Crippen molar-refractivity contribution in [3.63, 3.8) is 0 Å². The maximum absolute atomic E-state index is 11.1. The van der Waals surface area contributed by atoms with Crippen molar-refractivity contribution in [2.24, 2.45) is 4.40 Å². The first-order valence-corrected chi connectivity index (χ1v) is 7.20. The average molecular weight is 255 g/mol. The number of alkyl halides is 1. The largest absolute Gasteiger partial charge is 0.354 e. The molecule has 15 heavy (non-hydrogen) atoms. The molecular weight excluding hydrogens is 236 g/mol. The Balaban J connectivity index is 5.17. The van der Waals surface area contributed by atoms with Gasteiger partial charge >= 0.3 is 0 Å². The molecule has 90 valence electrons. The monoisotopic (exact) mass is 254 g/mol. The highest BCUT2D eigenvalue weighted by molar-refractivity contribution is 7.89. The molecule has 4 nitrogen and oxygen atoms in total. The van der Waals surface area contributed by atoms with Crippen LogP contribution in [0.3, 0.4) is 0 Å². The van der Waals surface area contributed by atoms with Gasteiger partial charge in [-0.15, -0.1) is 16.0 Å². The third-order valence-electron chi connectivity index (χ3n) is 1.80. The second-order valence-corrected chi connectivity index (χ2v) is 5.88. The highest BCUT2D eigenvalue weighted by atomic mass is 35.5. The first kappa shape index (κ1) is 14.7. The first-order valence-electron chi connectivity index (χ1n) is 4.82. The van der Waals surface area contributed by atoms with Crippen LogP contribution in [0.15, 0.2) is 4.40 Å². The number of nitrogens with zero attached hydrogens (tertiary/aromatic N) is 2. The first-order chi connectivity index (χ1) is 6.69. The van der Waals surface area contributed by atoms with E-state index in [-0.39, 0.29) is 18.0 Å². The van der Waals surface area contributed by atoms with Crippen molar-refractivity contribution in [1.29, 1.82) is 0 Å². The van der Waals surface area contributed by atoms with Gasteiger partial charge in [-0.25, -0.2) is 8.42 Å². The third-order valence-corrected chi connectivity index (χ3v) is 2.58. The molecule has 0 aromatic carbocycles. The SMILES string of the molecule is CC(C)N(/C(CCl)=N/S(C)(=O)=O)C(C)C. The molecular formula is C9H19ClN2O2S. The Morgan fingerprint density at radius 1 is 1.27 bits per heavy atom.